The van der Waals surface area contributed by atoms with Crippen LogP contribution in [0.5, 0.6) is 0 Å². The molecule has 0 nitrogen and oxygen atoms in total. The van der Waals surface area contributed by atoms with Gasteiger partial charge in [0.25, 0.3) is 0 Å². The molecule has 244 valence electrons. The fourth-order valence-electron chi connectivity index (χ4n) is 10.1. The Morgan fingerprint density at radius 2 is 0.736 bits per heavy atom. The lowest BCUT2D eigenvalue weighted by atomic mass is 9.68. The molecule has 0 radical (unpaired) electrons. The molecule has 0 saturated carbocycles. The minimum Gasteiger partial charge on any atom is -0.0619 e. The maximum absolute atomic E-state index is 2.40. The number of hydrogen-bond donors (Lipinski definition) is 0. The maximum atomic E-state index is 2.40. The molecule has 0 heterocycles. The Bertz CT molecular complexity index is 3120. The van der Waals surface area contributed by atoms with Gasteiger partial charge in [-0.2, -0.15) is 0 Å². The number of fused-ring (bicyclic) bond motifs is 17. The van der Waals surface area contributed by atoms with E-state index in [-0.39, 0.29) is 0 Å². The number of benzene rings is 10. The van der Waals surface area contributed by atoms with Crippen LogP contribution < -0.4 is 0 Å². The number of hydrogen-bond acceptors (Lipinski definition) is 0. The van der Waals surface area contributed by atoms with Crippen LogP contribution in [-0.2, 0) is 5.41 Å². The van der Waals surface area contributed by atoms with Crippen molar-refractivity contribution in [1.29, 1.82) is 0 Å². The molecule has 0 atom stereocenters. The standard InChI is InChI=1S/C53H32/c1-4-14-40-34(11-1)25-29-46-47-30-27-38-31-36(33-21-23-35(24-22-33)48-32-37-12-2-3-13-39(37)42-15-5-6-16-43(42)48)26-28-41(38)52(47)53(51(40)46)49-19-9-7-17-44(49)45-18-8-10-20-50(45)53/h1-32H. The minimum atomic E-state index is -0.413. The Hall–Kier alpha value is -6.76. The van der Waals surface area contributed by atoms with E-state index in [9.17, 15) is 0 Å². The van der Waals surface area contributed by atoms with Gasteiger partial charge in [-0.1, -0.05) is 182 Å². The summed E-state index contributed by atoms with van der Waals surface area (Å²) in [7, 11) is 0. The lowest BCUT2D eigenvalue weighted by molar-refractivity contribution is 0.809. The molecule has 0 fully saturated rings. The second-order valence-corrected chi connectivity index (χ2v) is 14.7. The summed E-state index contributed by atoms with van der Waals surface area (Å²) in [5.41, 5.74) is 15.5. The van der Waals surface area contributed by atoms with Crippen molar-refractivity contribution in [3.05, 3.63) is 216 Å². The van der Waals surface area contributed by atoms with Gasteiger partial charge in [0.2, 0.25) is 0 Å². The molecule has 0 aliphatic heterocycles. The van der Waals surface area contributed by atoms with Crippen LogP contribution in [-0.4, -0.2) is 0 Å². The van der Waals surface area contributed by atoms with E-state index in [1.54, 1.807) is 0 Å². The molecule has 12 rings (SSSR count). The normalized spacial score (nSPS) is 13.4. The van der Waals surface area contributed by atoms with Crippen molar-refractivity contribution in [3.8, 4) is 44.5 Å². The topological polar surface area (TPSA) is 0 Å². The van der Waals surface area contributed by atoms with Gasteiger partial charge in [0.15, 0.2) is 0 Å². The first-order valence-corrected chi connectivity index (χ1v) is 18.6. The van der Waals surface area contributed by atoms with Crippen molar-refractivity contribution in [2.75, 3.05) is 0 Å². The van der Waals surface area contributed by atoms with Gasteiger partial charge in [-0.25, -0.2) is 0 Å². The van der Waals surface area contributed by atoms with E-state index in [2.05, 4.69) is 194 Å². The fraction of sp³-hybridized carbons (Fsp3) is 0.0189. The Morgan fingerprint density at radius 3 is 1.45 bits per heavy atom. The summed E-state index contributed by atoms with van der Waals surface area (Å²) in [4.78, 5) is 0. The lowest BCUT2D eigenvalue weighted by Crippen LogP contribution is -2.26. The highest BCUT2D eigenvalue weighted by Crippen LogP contribution is 2.65. The average Bonchev–Trinajstić information content (AvgIpc) is 3.71. The van der Waals surface area contributed by atoms with Crippen LogP contribution in [0.3, 0.4) is 0 Å². The van der Waals surface area contributed by atoms with E-state index in [1.807, 2.05) is 0 Å². The third-order valence-electron chi connectivity index (χ3n) is 12.2. The molecule has 1 spiro atoms. The Morgan fingerprint density at radius 1 is 0.245 bits per heavy atom. The Labute approximate surface area is 308 Å². The molecule has 0 N–H and O–H groups in total. The highest BCUT2D eigenvalue weighted by atomic mass is 14.5. The second kappa shape index (κ2) is 10.6. The molecule has 10 aromatic carbocycles. The van der Waals surface area contributed by atoms with E-state index in [4.69, 9.17) is 0 Å². The largest absolute Gasteiger partial charge is 0.0737 e. The highest BCUT2D eigenvalue weighted by Gasteiger charge is 2.53. The van der Waals surface area contributed by atoms with Gasteiger partial charge >= 0.3 is 0 Å². The monoisotopic (exact) mass is 668 g/mol. The molecule has 0 aromatic heterocycles. The first-order valence-electron chi connectivity index (χ1n) is 18.6. The maximum Gasteiger partial charge on any atom is 0.0737 e. The lowest BCUT2D eigenvalue weighted by Gasteiger charge is -2.32. The molecular formula is C53H32. The van der Waals surface area contributed by atoms with Crippen LogP contribution in [0.2, 0.25) is 0 Å². The molecule has 0 saturated heterocycles. The predicted molar refractivity (Wildman–Crippen MR) is 224 cm³/mol. The molecule has 2 aliphatic carbocycles. The van der Waals surface area contributed by atoms with E-state index in [0.29, 0.717) is 0 Å². The zero-order chi connectivity index (χ0) is 34.7. The molecular weight excluding hydrogens is 637 g/mol. The van der Waals surface area contributed by atoms with Gasteiger partial charge in [-0.15, -0.1) is 0 Å². The summed E-state index contributed by atoms with van der Waals surface area (Å²) in [6.45, 7) is 0. The Balaban J connectivity index is 1.06. The van der Waals surface area contributed by atoms with Crippen molar-refractivity contribution < 1.29 is 0 Å². The minimum absolute atomic E-state index is 0.413. The van der Waals surface area contributed by atoms with Crippen LogP contribution in [0.1, 0.15) is 22.3 Å². The van der Waals surface area contributed by atoms with Gasteiger partial charge < -0.3 is 0 Å². The summed E-state index contributed by atoms with van der Waals surface area (Å²) >= 11 is 0. The zero-order valence-electron chi connectivity index (χ0n) is 29.0. The first-order chi connectivity index (χ1) is 26.3. The van der Waals surface area contributed by atoms with Crippen LogP contribution in [0.4, 0.5) is 0 Å². The summed E-state index contributed by atoms with van der Waals surface area (Å²) in [6, 6.07) is 72.7. The van der Waals surface area contributed by atoms with Gasteiger partial charge in [0.1, 0.15) is 0 Å². The molecule has 10 aromatic rings. The van der Waals surface area contributed by atoms with Crippen LogP contribution in [0.25, 0.3) is 87.6 Å². The third kappa shape index (κ3) is 3.80. The van der Waals surface area contributed by atoms with Crippen molar-refractivity contribution in [2.45, 2.75) is 5.41 Å². The zero-order valence-corrected chi connectivity index (χ0v) is 29.0. The predicted octanol–water partition coefficient (Wildman–Crippen LogP) is 14.0. The van der Waals surface area contributed by atoms with E-state index < -0.39 is 5.41 Å². The van der Waals surface area contributed by atoms with Gasteiger partial charge in [-0.05, 0) is 122 Å². The van der Waals surface area contributed by atoms with E-state index in [0.717, 1.165) is 0 Å². The average molecular weight is 669 g/mol. The second-order valence-electron chi connectivity index (χ2n) is 14.7. The van der Waals surface area contributed by atoms with E-state index >= 15 is 0 Å². The SMILES string of the molecule is c1ccc2c(c1)-c1ccccc1C21c2c(ccc3ccccc23)-c2ccc3cc(-c4ccc(-c5cc6ccccc6c6ccccc56)cc4)ccc3c21. The smallest absolute Gasteiger partial charge is 0.0619 e. The summed E-state index contributed by atoms with van der Waals surface area (Å²) in [5.74, 6) is 0. The third-order valence-corrected chi connectivity index (χ3v) is 12.2. The van der Waals surface area contributed by atoms with Crippen LogP contribution in [0.15, 0.2) is 194 Å². The van der Waals surface area contributed by atoms with Crippen LogP contribution in [0, 0.1) is 0 Å². The number of rotatable bonds is 2. The van der Waals surface area contributed by atoms with Gasteiger partial charge in [-0.3, -0.25) is 0 Å². The first kappa shape index (κ1) is 28.9. The summed E-state index contributed by atoms with van der Waals surface area (Å²) < 4.78 is 0. The molecule has 0 amide bonds. The molecule has 0 bridgehead atoms. The van der Waals surface area contributed by atoms with Crippen molar-refractivity contribution in [1.82, 2.24) is 0 Å². The van der Waals surface area contributed by atoms with Crippen molar-refractivity contribution in [2.24, 2.45) is 0 Å². The van der Waals surface area contributed by atoms with Crippen molar-refractivity contribution in [3.63, 3.8) is 0 Å². The molecule has 0 heteroatoms. The summed E-state index contributed by atoms with van der Waals surface area (Å²) in [5, 5.41) is 10.4. The molecule has 0 unspecified atom stereocenters. The Kier molecular flexibility index (Phi) is 5.80. The van der Waals surface area contributed by atoms with Crippen LogP contribution >= 0.6 is 0 Å². The summed E-state index contributed by atoms with van der Waals surface area (Å²) in [6.07, 6.45) is 0. The van der Waals surface area contributed by atoms with Gasteiger partial charge in [0.05, 0.1) is 5.41 Å². The van der Waals surface area contributed by atoms with E-state index in [1.165, 1.54) is 110 Å². The fourth-order valence-corrected chi connectivity index (χ4v) is 10.1. The molecule has 2 aliphatic rings. The quantitative estimate of drug-likeness (QED) is 0.161. The van der Waals surface area contributed by atoms with Crippen molar-refractivity contribution >= 4 is 43.1 Å². The molecule has 53 heavy (non-hydrogen) atoms. The highest BCUT2D eigenvalue weighted by molar-refractivity contribution is 6.14. The van der Waals surface area contributed by atoms with Gasteiger partial charge in [0, 0.05) is 0 Å².